The second kappa shape index (κ2) is 7.65. The Bertz CT molecular complexity index is 185. The predicted molar refractivity (Wildman–Crippen MR) is 61.4 cm³/mol. The maximum absolute atomic E-state index is 11.5. The Morgan fingerprint density at radius 2 is 1.87 bits per heavy atom. The van der Waals surface area contributed by atoms with Gasteiger partial charge in [0, 0.05) is 12.1 Å². The third-order valence-electron chi connectivity index (χ3n) is 2.41. The lowest BCUT2D eigenvalue weighted by Gasteiger charge is -2.20. The molecule has 0 saturated carbocycles. The first-order chi connectivity index (χ1) is 7.02. The third-order valence-corrected chi connectivity index (χ3v) is 2.41. The van der Waals surface area contributed by atoms with Gasteiger partial charge in [0.05, 0.1) is 0 Å². The molecule has 90 valence electrons. The molecule has 0 spiro atoms. The van der Waals surface area contributed by atoms with Gasteiger partial charge in [-0.25, -0.2) is 0 Å². The van der Waals surface area contributed by atoms with Crippen molar-refractivity contribution in [1.82, 2.24) is 5.32 Å². The quantitative estimate of drug-likeness (QED) is 0.588. The molecule has 4 heteroatoms. The van der Waals surface area contributed by atoms with Gasteiger partial charge in [-0.15, -0.1) is 0 Å². The van der Waals surface area contributed by atoms with Crippen LogP contribution in [0.2, 0.25) is 0 Å². The monoisotopic (exact) mass is 216 g/mol. The van der Waals surface area contributed by atoms with Crippen molar-refractivity contribution in [1.29, 1.82) is 0 Å². The van der Waals surface area contributed by atoms with E-state index in [2.05, 4.69) is 12.2 Å². The van der Waals surface area contributed by atoms with Crippen LogP contribution in [0.4, 0.5) is 0 Å². The number of hydrogen-bond acceptors (Lipinski definition) is 3. The fourth-order valence-electron chi connectivity index (χ4n) is 1.52. The van der Waals surface area contributed by atoms with Gasteiger partial charge >= 0.3 is 0 Å². The lowest BCUT2D eigenvalue weighted by atomic mass is 10.1. The molecule has 0 heterocycles. The van der Waals surface area contributed by atoms with Crippen molar-refractivity contribution < 1.29 is 9.90 Å². The molecular formula is C11H24N2O2. The van der Waals surface area contributed by atoms with E-state index in [1.54, 1.807) is 0 Å². The first-order valence-electron chi connectivity index (χ1n) is 5.76. The molecule has 1 amide bonds. The summed E-state index contributed by atoms with van der Waals surface area (Å²) in [6.45, 7) is 5.96. The highest BCUT2D eigenvalue weighted by atomic mass is 16.3. The Kier molecular flexibility index (Phi) is 7.34. The molecule has 4 nitrogen and oxygen atoms in total. The summed E-state index contributed by atoms with van der Waals surface area (Å²) in [6, 6.07) is -0.352. The van der Waals surface area contributed by atoms with Crippen LogP contribution in [-0.4, -0.2) is 29.2 Å². The summed E-state index contributed by atoms with van der Waals surface area (Å²) in [6.07, 6.45) is 2.39. The van der Waals surface area contributed by atoms with Crippen molar-refractivity contribution in [2.75, 3.05) is 0 Å². The van der Waals surface area contributed by atoms with Gasteiger partial charge in [0.15, 0.2) is 0 Å². The van der Waals surface area contributed by atoms with E-state index in [0.717, 1.165) is 19.3 Å². The van der Waals surface area contributed by atoms with E-state index >= 15 is 0 Å². The summed E-state index contributed by atoms with van der Waals surface area (Å²) in [7, 11) is 0. The van der Waals surface area contributed by atoms with Crippen LogP contribution < -0.4 is 11.1 Å². The summed E-state index contributed by atoms with van der Waals surface area (Å²) in [5, 5.41) is 12.3. The third kappa shape index (κ3) is 5.74. The molecule has 0 aliphatic carbocycles. The summed E-state index contributed by atoms with van der Waals surface area (Å²) in [5.41, 5.74) is 5.67. The van der Waals surface area contributed by atoms with Gasteiger partial charge in [-0.3, -0.25) is 4.79 Å². The fourth-order valence-corrected chi connectivity index (χ4v) is 1.52. The molecule has 3 atom stereocenters. The van der Waals surface area contributed by atoms with Gasteiger partial charge in [-0.2, -0.15) is 0 Å². The number of aliphatic hydroxyl groups excluding tert-OH is 1. The minimum atomic E-state index is -1.08. The van der Waals surface area contributed by atoms with E-state index in [4.69, 9.17) is 5.73 Å². The van der Waals surface area contributed by atoms with Crippen molar-refractivity contribution >= 4 is 5.91 Å². The first kappa shape index (κ1) is 14.4. The molecule has 0 fully saturated rings. The number of carbonyl (C=O) groups excluding carboxylic acids is 1. The summed E-state index contributed by atoms with van der Waals surface area (Å²) in [5.74, 6) is -0.350. The number of hydrogen-bond donors (Lipinski definition) is 3. The molecule has 0 saturated heterocycles. The molecule has 0 aliphatic rings. The molecule has 0 aliphatic heterocycles. The van der Waals surface area contributed by atoms with E-state index in [1.807, 2.05) is 13.8 Å². The number of nitrogens with two attached hydrogens (primary N) is 1. The first-order valence-corrected chi connectivity index (χ1v) is 5.76. The minimum absolute atomic E-state index is 0.103. The Hall–Kier alpha value is -0.610. The Morgan fingerprint density at radius 3 is 2.33 bits per heavy atom. The maximum atomic E-state index is 11.5. The largest absolute Gasteiger partial charge is 0.382 e. The molecule has 0 bridgehead atoms. The molecular weight excluding hydrogens is 192 g/mol. The summed E-state index contributed by atoms with van der Waals surface area (Å²) in [4.78, 5) is 11.5. The van der Waals surface area contributed by atoms with Crippen molar-refractivity contribution in [2.45, 2.75) is 64.6 Å². The Morgan fingerprint density at radius 1 is 1.33 bits per heavy atom. The SMILES string of the molecule is CCCC(C)NC(=O)[C@@H](O)[C@@H](N)CCC. The second-order valence-electron chi connectivity index (χ2n) is 4.10. The van der Waals surface area contributed by atoms with E-state index in [9.17, 15) is 9.90 Å². The van der Waals surface area contributed by atoms with Crippen LogP contribution >= 0.6 is 0 Å². The van der Waals surface area contributed by atoms with Gasteiger partial charge in [-0.1, -0.05) is 26.7 Å². The smallest absolute Gasteiger partial charge is 0.250 e. The maximum Gasteiger partial charge on any atom is 0.250 e. The highest BCUT2D eigenvalue weighted by molar-refractivity contribution is 5.81. The van der Waals surface area contributed by atoms with E-state index in [0.29, 0.717) is 6.42 Å². The minimum Gasteiger partial charge on any atom is -0.382 e. The zero-order chi connectivity index (χ0) is 11.8. The standard InChI is InChI=1S/C11H24N2O2/c1-4-6-8(3)13-11(15)10(14)9(12)7-5-2/h8-10,14H,4-7,12H2,1-3H3,(H,13,15)/t8?,9-,10-/m0/s1. The molecule has 0 aromatic carbocycles. The molecule has 0 rings (SSSR count). The molecule has 0 aromatic heterocycles. The van der Waals surface area contributed by atoms with Crippen LogP contribution in [0.1, 0.15) is 46.5 Å². The zero-order valence-electron chi connectivity index (χ0n) is 9.99. The Labute approximate surface area is 92.2 Å². The van der Waals surface area contributed by atoms with Crippen molar-refractivity contribution in [3.63, 3.8) is 0 Å². The van der Waals surface area contributed by atoms with Gasteiger partial charge in [0.25, 0.3) is 5.91 Å². The average molecular weight is 216 g/mol. The van der Waals surface area contributed by atoms with E-state index < -0.39 is 12.1 Å². The van der Waals surface area contributed by atoms with Crippen LogP contribution in [0.15, 0.2) is 0 Å². The number of amides is 1. The zero-order valence-corrected chi connectivity index (χ0v) is 9.99. The molecule has 1 unspecified atom stereocenters. The Balaban J connectivity index is 3.97. The summed E-state index contributed by atoms with van der Waals surface area (Å²) >= 11 is 0. The lowest BCUT2D eigenvalue weighted by molar-refractivity contribution is -0.131. The van der Waals surface area contributed by atoms with Crippen LogP contribution in [0.5, 0.6) is 0 Å². The second-order valence-corrected chi connectivity index (χ2v) is 4.10. The lowest BCUT2D eigenvalue weighted by Crippen LogP contribution is -2.48. The van der Waals surface area contributed by atoms with Crippen LogP contribution in [0.25, 0.3) is 0 Å². The van der Waals surface area contributed by atoms with Gasteiger partial charge in [0.2, 0.25) is 0 Å². The van der Waals surface area contributed by atoms with Gasteiger partial charge in [-0.05, 0) is 19.8 Å². The number of carbonyl (C=O) groups is 1. The fraction of sp³-hybridized carbons (Fsp3) is 0.909. The summed E-state index contributed by atoms with van der Waals surface area (Å²) < 4.78 is 0. The average Bonchev–Trinajstić information content (AvgIpc) is 2.17. The highest BCUT2D eigenvalue weighted by Gasteiger charge is 2.22. The molecule has 0 aromatic rings. The number of rotatable bonds is 7. The normalized spacial score (nSPS) is 16.9. The van der Waals surface area contributed by atoms with Gasteiger partial charge < -0.3 is 16.2 Å². The van der Waals surface area contributed by atoms with E-state index in [1.165, 1.54) is 0 Å². The van der Waals surface area contributed by atoms with Crippen molar-refractivity contribution in [2.24, 2.45) is 5.73 Å². The molecule has 4 N–H and O–H groups in total. The van der Waals surface area contributed by atoms with Crippen molar-refractivity contribution in [3.05, 3.63) is 0 Å². The van der Waals surface area contributed by atoms with Crippen LogP contribution in [0, 0.1) is 0 Å². The highest BCUT2D eigenvalue weighted by Crippen LogP contribution is 2.01. The van der Waals surface area contributed by atoms with E-state index in [-0.39, 0.29) is 11.9 Å². The van der Waals surface area contributed by atoms with Crippen molar-refractivity contribution in [3.8, 4) is 0 Å². The molecule has 15 heavy (non-hydrogen) atoms. The number of aliphatic hydroxyl groups is 1. The van der Waals surface area contributed by atoms with Gasteiger partial charge in [0.1, 0.15) is 6.10 Å². The predicted octanol–water partition coefficient (Wildman–Crippen LogP) is 0.779. The molecule has 0 radical (unpaired) electrons. The van der Waals surface area contributed by atoms with Crippen LogP contribution in [0.3, 0.4) is 0 Å². The number of nitrogens with one attached hydrogen (secondary N) is 1. The van der Waals surface area contributed by atoms with Crippen LogP contribution in [-0.2, 0) is 4.79 Å². The topological polar surface area (TPSA) is 75.3 Å².